The molecule has 2 aliphatic rings. The zero-order valence-corrected chi connectivity index (χ0v) is 20.4. The van der Waals surface area contributed by atoms with Crippen molar-refractivity contribution in [1.82, 2.24) is 9.97 Å². The maximum atomic E-state index is 14.8. The molecule has 0 bridgehead atoms. The molecule has 188 valence electrons. The molecule has 2 atom stereocenters. The van der Waals surface area contributed by atoms with E-state index in [1.807, 2.05) is 13.8 Å². The Hall–Kier alpha value is -3.10. The topological polar surface area (TPSA) is 84.4 Å². The van der Waals surface area contributed by atoms with Crippen molar-refractivity contribution in [3.63, 3.8) is 0 Å². The van der Waals surface area contributed by atoms with Gasteiger partial charge in [-0.25, -0.2) is 18.6 Å². The fourth-order valence-corrected chi connectivity index (χ4v) is 4.83. The summed E-state index contributed by atoms with van der Waals surface area (Å²) in [5.74, 6) is -1.15. The highest BCUT2D eigenvalue weighted by atomic mass is 19.1. The maximum Gasteiger partial charge on any atom is 0.416 e. The molecule has 4 rings (SSSR count). The van der Waals surface area contributed by atoms with E-state index in [0.717, 1.165) is 31.9 Å². The summed E-state index contributed by atoms with van der Waals surface area (Å²) in [7, 11) is 0. The molecular formula is C26H32F2N4O3. The number of anilines is 2. The van der Waals surface area contributed by atoms with E-state index in [0.29, 0.717) is 17.9 Å². The van der Waals surface area contributed by atoms with Gasteiger partial charge in [-0.2, -0.15) is 4.98 Å². The Morgan fingerprint density at radius 1 is 1.17 bits per heavy atom. The monoisotopic (exact) mass is 486 g/mol. The number of nitrogens with zero attached hydrogens (tertiary/aromatic N) is 3. The molecule has 1 aromatic carbocycles. The number of benzene rings is 1. The van der Waals surface area contributed by atoms with Crippen molar-refractivity contribution >= 4 is 23.6 Å². The molecule has 1 aliphatic carbocycles. The highest BCUT2D eigenvalue weighted by molar-refractivity contribution is 5.96. The summed E-state index contributed by atoms with van der Waals surface area (Å²) in [5.41, 5.74) is 0.700. The predicted octanol–water partition coefficient (Wildman–Crippen LogP) is 6.06. The molecule has 2 fully saturated rings. The van der Waals surface area contributed by atoms with Crippen LogP contribution in [0.3, 0.4) is 0 Å². The molecule has 1 amide bonds. The Labute approximate surface area is 204 Å². The van der Waals surface area contributed by atoms with E-state index in [4.69, 9.17) is 4.74 Å². The number of ketones is 1. The van der Waals surface area contributed by atoms with Crippen LogP contribution in [0.15, 0.2) is 24.4 Å². The molecule has 1 saturated carbocycles. The summed E-state index contributed by atoms with van der Waals surface area (Å²) >= 11 is 0. The number of carbonyl (C=O) groups excluding carboxylic acids is 2. The number of halogens is 2. The highest BCUT2D eigenvalue weighted by Gasteiger charge is 2.39. The predicted molar refractivity (Wildman–Crippen MR) is 128 cm³/mol. The van der Waals surface area contributed by atoms with E-state index in [1.54, 1.807) is 13.0 Å². The van der Waals surface area contributed by atoms with E-state index in [1.165, 1.54) is 23.5 Å². The highest BCUT2D eigenvalue weighted by Crippen LogP contribution is 2.30. The molecule has 1 aromatic heterocycles. The van der Waals surface area contributed by atoms with Crippen molar-refractivity contribution in [3.8, 4) is 0 Å². The first-order valence-corrected chi connectivity index (χ1v) is 12.3. The third kappa shape index (κ3) is 5.60. The second-order valence-corrected chi connectivity index (χ2v) is 9.86. The molecule has 7 nitrogen and oxygen atoms in total. The number of aromatic nitrogens is 2. The van der Waals surface area contributed by atoms with Crippen LogP contribution in [0.1, 0.15) is 81.3 Å². The molecule has 9 heteroatoms. The van der Waals surface area contributed by atoms with E-state index in [9.17, 15) is 18.4 Å². The zero-order chi connectivity index (χ0) is 25.1. The number of nitrogens with one attached hydrogen (secondary N) is 1. The van der Waals surface area contributed by atoms with Gasteiger partial charge in [0.15, 0.2) is 17.4 Å². The molecule has 1 saturated heterocycles. The average molecular weight is 487 g/mol. The zero-order valence-electron chi connectivity index (χ0n) is 20.4. The van der Waals surface area contributed by atoms with Crippen LogP contribution in [-0.4, -0.2) is 34.5 Å². The van der Waals surface area contributed by atoms with Crippen LogP contribution in [0.2, 0.25) is 0 Å². The van der Waals surface area contributed by atoms with Crippen molar-refractivity contribution in [2.75, 3.05) is 16.8 Å². The van der Waals surface area contributed by atoms with E-state index in [-0.39, 0.29) is 41.7 Å². The van der Waals surface area contributed by atoms with Gasteiger partial charge in [-0.05, 0) is 36.5 Å². The van der Waals surface area contributed by atoms with Gasteiger partial charge in [0, 0.05) is 6.42 Å². The van der Waals surface area contributed by atoms with E-state index < -0.39 is 23.8 Å². The summed E-state index contributed by atoms with van der Waals surface area (Å²) in [6.45, 7) is 5.77. The minimum absolute atomic E-state index is 0.0356. The molecule has 35 heavy (non-hydrogen) atoms. The van der Waals surface area contributed by atoms with Crippen molar-refractivity contribution < 1.29 is 23.1 Å². The Bertz CT molecular complexity index is 1090. The fraction of sp³-hybridized carbons (Fsp3) is 0.538. The van der Waals surface area contributed by atoms with E-state index >= 15 is 0 Å². The number of ether oxygens (including phenoxy) is 1. The van der Waals surface area contributed by atoms with Gasteiger partial charge in [0.1, 0.15) is 12.4 Å². The lowest BCUT2D eigenvalue weighted by molar-refractivity contribution is 0.0946. The first-order chi connectivity index (χ1) is 16.7. The molecule has 2 heterocycles. The van der Waals surface area contributed by atoms with Crippen LogP contribution < -0.4 is 10.2 Å². The third-order valence-corrected chi connectivity index (χ3v) is 6.97. The SMILES string of the molecule is CC(C)[C@H]1COC(=O)N1c1nc(N[C@@H](C)c2ccc(C(=O)CC3CCCCC3)c(F)c2)ncc1F. The largest absolute Gasteiger partial charge is 0.447 e. The van der Waals surface area contributed by atoms with Crippen molar-refractivity contribution in [1.29, 1.82) is 0 Å². The van der Waals surface area contributed by atoms with Gasteiger partial charge in [0.25, 0.3) is 0 Å². The quantitative estimate of drug-likeness (QED) is 0.457. The van der Waals surface area contributed by atoms with Crippen molar-refractivity contribution in [2.45, 2.75) is 71.4 Å². The van der Waals surface area contributed by atoms with Crippen molar-refractivity contribution in [2.24, 2.45) is 11.8 Å². The maximum absolute atomic E-state index is 14.8. The molecule has 1 N–H and O–H groups in total. The Morgan fingerprint density at radius 2 is 1.91 bits per heavy atom. The lowest BCUT2D eigenvalue weighted by atomic mass is 9.84. The number of amides is 1. The lowest BCUT2D eigenvalue weighted by Gasteiger charge is -2.24. The van der Waals surface area contributed by atoms with Crippen LogP contribution in [0.25, 0.3) is 0 Å². The van der Waals surface area contributed by atoms with Crippen LogP contribution in [-0.2, 0) is 4.74 Å². The van der Waals surface area contributed by atoms with Crippen molar-refractivity contribution in [3.05, 3.63) is 47.2 Å². The molecule has 2 aromatic rings. The summed E-state index contributed by atoms with van der Waals surface area (Å²) < 4.78 is 34.5. The number of hydrogen-bond donors (Lipinski definition) is 1. The first kappa shape index (κ1) is 25.0. The smallest absolute Gasteiger partial charge is 0.416 e. The number of carbonyl (C=O) groups is 2. The number of Topliss-reactive ketones (excluding diaryl/α,β-unsaturated/α-hetero) is 1. The summed E-state index contributed by atoms with van der Waals surface area (Å²) in [6.07, 6.45) is 6.24. The van der Waals surface area contributed by atoms with Gasteiger partial charge in [0.05, 0.1) is 23.8 Å². The summed E-state index contributed by atoms with van der Waals surface area (Å²) in [6, 6.07) is 3.79. The number of cyclic esters (lactones) is 1. The third-order valence-electron chi connectivity index (χ3n) is 6.97. The standard InChI is InChI=1S/C26H32F2N4O3/c1-15(2)22-14-35-26(34)32(22)24-21(28)13-29-25(31-24)30-16(3)18-9-10-19(20(27)12-18)23(33)11-17-7-5-4-6-8-17/h9-10,12-13,15-17,22H,4-8,11,14H2,1-3H3,(H,29,30,31)/t16-,22+/m0/s1. The minimum atomic E-state index is -0.737. The molecule has 0 radical (unpaired) electrons. The normalized spacial score (nSPS) is 19.7. The van der Waals surface area contributed by atoms with Crippen LogP contribution in [0.4, 0.5) is 25.3 Å². The Kier molecular flexibility index (Phi) is 7.62. The van der Waals surface area contributed by atoms with Crippen LogP contribution in [0.5, 0.6) is 0 Å². The van der Waals surface area contributed by atoms with Gasteiger partial charge in [-0.1, -0.05) is 52.0 Å². The van der Waals surface area contributed by atoms with Gasteiger partial charge < -0.3 is 10.1 Å². The van der Waals surface area contributed by atoms with Gasteiger partial charge in [0.2, 0.25) is 5.95 Å². The molecule has 0 unspecified atom stereocenters. The Morgan fingerprint density at radius 3 is 2.60 bits per heavy atom. The van der Waals surface area contributed by atoms with Gasteiger partial charge >= 0.3 is 6.09 Å². The second kappa shape index (κ2) is 10.7. The van der Waals surface area contributed by atoms with Crippen LogP contribution in [0, 0.1) is 23.5 Å². The van der Waals surface area contributed by atoms with Crippen LogP contribution >= 0.6 is 0 Å². The molecule has 1 aliphatic heterocycles. The average Bonchev–Trinajstić information content (AvgIpc) is 3.22. The summed E-state index contributed by atoms with van der Waals surface area (Å²) in [5, 5.41) is 3.03. The number of hydrogen-bond acceptors (Lipinski definition) is 6. The Balaban J connectivity index is 1.47. The lowest BCUT2D eigenvalue weighted by Crippen LogP contribution is -2.38. The summed E-state index contributed by atoms with van der Waals surface area (Å²) in [4.78, 5) is 34.3. The van der Waals surface area contributed by atoms with Gasteiger partial charge in [-0.15, -0.1) is 0 Å². The molecular weight excluding hydrogens is 454 g/mol. The second-order valence-electron chi connectivity index (χ2n) is 9.86. The fourth-order valence-electron chi connectivity index (χ4n) is 4.83. The number of rotatable bonds is 8. The first-order valence-electron chi connectivity index (χ1n) is 12.3. The van der Waals surface area contributed by atoms with Gasteiger partial charge in [-0.3, -0.25) is 9.69 Å². The minimum Gasteiger partial charge on any atom is -0.447 e. The van der Waals surface area contributed by atoms with E-state index in [2.05, 4.69) is 15.3 Å². The molecule has 0 spiro atoms.